The highest BCUT2D eigenvalue weighted by molar-refractivity contribution is 9.08. The molecular weight excluding hydrogens is 321 g/mol. The summed E-state index contributed by atoms with van der Waals surface area (Å²) in [5, 5.41) is 0.518. The second kappa shape index (κ2) is 5.71. The Morgan fingerprint density at radius 3 is 2.17 bits per heavy atom. The molecule has 0 N–H and O–H groups in total. The van der Waals surface area contributed by atoms with Crippen LogP contribution in [0.5, 0.6) is 0 Å². The van der Waals surface area contributed by atoms with Gasteiger partial charge in [-0.05, 0) is 45.0 Å². The molecule has 0 aromatic heterocycles. The lowest BCUT2D eigenvalue weighted by molar-refractivity contribution is 0.0394. The van der Waals surface area contributed by atoms with Crippen molar-refractivity contribution in [2.24, 2.45) is 0 Å². The van der Waals surface area contributed by atoms with Crippen LogP contribution < -0.4 is 0 Å². The second-order valence-corrected chi connectivity index (χ2v) is 5.72. The van der Waals surface area contributed by atoms with E-state index in [0.29, 0.717) is 10.6 Å². The maximum atomic E-state index is 11.9. The van der Waals surface area contributed by atoms with Gasteiger partial charge in [0.1, 0.15) is 5.60 Å². The Labute approximate surface area is 119 Å². The monoisotopic (exact) mass is 333 g/mol. The normalized spacial score (nSPS) is 10.9. The number of amides is 2. The average molecular weight is 335 g/mol. The van der Waals surface area contributed by atoms with Crippen molar-refractivity contribution < 1.29 is 14.3 Å². The van der Waals surface area contributed by atoms with Crippen LogP contribution in [0.1, 0.15) is 31.1 Å². The van der Waals surface area contributed by atoms with Gasteiger partial charge in [-0.15, -0.1) is 0 Å². The topological polar surface area (TPSA) is 46.6 Å². The first kappa shape index (κ1) is 15.0. The molecule has 1 rings (SSSR count). The molecule has 1 aromatic carbocycles. The first-order valence-corrected chi connectivity index (χ1v) is 6.28. The van der Waals surface area contributed by atoms with Crippen LogP contribution >= 0.6 is 27.7 Å². The number of carbonyl (C=O) groups excluding carboxylic acids is 2. The van der Waals surface area contributed by atoms with Crippen molar-refractivity contribution in [2.75, 3.05) is 0 Å². The average Bonchev–Trinajstić information content (AvgIpc) is 2.26. The quantitative estimate of drug-likeness (QED) is 0.729. The van der Waals surface area contributed by atoms with Crippen molar-refractivity contribution in [1.82, 2.24) is 3.93 Å². The number of rotatable bonds is 1. The molecule has 0 atom stereocenters. The van der Waals surface area contributed by atoms with E-state index in [0.717, 1.165) is 3.93 Å². The molecule has 0 unspecified atom stereocenters. The number of ether oxygens (including phenoxy) is 1. The lowest BCUT2D eigenvalue weighted by atomic mass is 10.2. The van der Waals surface area contributed by atoms with Gasteiger partial charge in [0.05, 0.1) is 16.1 Å². The zero-order chi connectivity index (χ0) is 13.9. The molecule has 4 nitrogen and oxygen atoms in total. The Morgan fingerprint density at radius 1 is 1.22 bits per heavy atom. The third kappa shape index (κ3) is 4.31. The van der Waals surface area contributed by atoms with Crippen LogP contribution in [0, 0.1) is 0 Å². The highest BCUT2D eigenvalue weighted by Gasteiger charge is 2.26. The Kier molecular flexibility index (Phi) is 4.76. The Bertz CT molecular complexity index is 453. The van der Waals surface area contributed by atoms with E-state index in [4.69, 9.17) is 16.3 Å². The van der Waals surface area contributed by atoms with Gasteiger partial charge in [-0.1, -0.05) is 11.6 Å². The third-order valence-corrected chi connectivity index (χ3v) is 2.69. The predicted octanol–water partition coefficient (Wildman–Crippen LogP) is 4.03. The molecule has 0 bridgehead atoms. The van der Waals surface area contributed by atoms with Crippen molar-refractivity contribution in [1.29, 1.82) is 0 Å². The van der Waals surface area contributed by atoms with Crippen LogP contribution in [-0.2, 0) is 4.74 Å². The molecule has 0 radical (unpaired) electrons. The molecule has 0 spiro atoms. The smallest absolute Gasteiger partial charge is 0.427 e. The van der Waals surface area contributed by atoms with Gasteiger partial charge in [-0.25, -0.2) is 4.79 Å². The number of halogens is 2. The summed E-state index contributed by atoms with van der Waals surface area (Å²) in [7, 11) is 0. The van der Waals surface area contributed by atoms with Gasteiger partial charge in [0.25, 0.3) is 5.91 Å². The molecule has 6 heteroatoms. The molecule has 18 heavy (non-hydrogen) atoms. The van der Waals surface area contributed by atoms with E-state index in [-0.39, 0.29) is 0 Å². The first-order chi connectivity index (χ1) is 8.20. The zero-order valence-electron chi connectivity index (χ0n) is 10.2. The van der Waals surface area contributed by atoms with Gasteiger partial charge in [-0.3, -0.25) is 4.79 Å². The van der Waals surface area contributed by atoms with Gasteiger partial charge in [-0.2, -0.15) is 3.93 Å². The van der Waals surface area contributed by atoms with Crippen LogP contribution in [0.25, 0.3) is 0 Å². The number of imide groups is 1. The summed E-state index contributed by atoms with van der Waals surface area (Å²) in [5.41, 5.74) is -0.328. The van der Waals surface area contributed by atoms with Gasteiger partial charge < -0.3 is 4.74 Å². The van der Waals surface area contributed by atoms with E-state index in [1.54, 1.807) is 32.9 Å². The summed E-state index contributed by atoms with van der Waals surface area (Å²) in [6.07, 6.45) is -0.762. The molecule has 98 valence electrons. The minimum Gasteiger partial charge on any atom is -0.443 e. The van der Waals surface area contributed by atoms with Gasteiger partial charge in [0, 0.05) is 10.6 Å². The number of hydrogen-bond donors (Lipinski definition) is 0. The molecular formula is C12H13BrClNO3. The lowest BCUT2D eigenvalue weighted by Gasteiger charge is -2.22. The first-order valence-electron chi connectivity index (χ1n) is 5.19. The fraction of sp³-hybridized carbons (Fsp3) is 0.333. The van der Waals surface area contributed by atoms with Gasteiger partial charge >= 0.3 is 6.09 Å². The minimum absolute atomic E-state index is 0.335. The Hall–Kier alpha value is -1.07. The largest absolute Gasteiger partial charge is 0.443 e. The maximum Gasteiger partial charge on any atom is 0.427 e. The van der Waals surface area contributed by atoms with E-state index in [9.17, 15) is 9.59 Å². The van der Waals surface area contributed by atoms with E-state index in [2.05, 4.69) is 16.1 Å². The summed E-state index contributed by atoms with van der Waals surface area (Å²) in [4.78, 5) is 23.6. The zero-order valence-corrected chi connectivity index (χ0v) is 12.6. The number of benzene rings is 1. The predicted molar refractivity (Wildman–Crippen MR) is 72.8 cm³/mol. The van der Waals surface area contributed by atoms with Gasteiger partial charge in [0.15, 0.2) is 0 Å². The molecule has 0 saturated carbocycles. The summed E-state index contributed by atoms with van der Waals surface area (Å²) >= 11 is 8.61. The maximum absolute atomic E-state index is 11.9. The van der Waals surface area contributed by atoms with Crippen LogP contribution in [0.3, 0.4) is 0 Å². The number of hydrogen-bond acceptors (Lipinski definition) is 3. The molecule has 0 aliphatic rings. The van der Waals surface area contributed by atoms with E-state index in [1.165, 1.54) is 12.1 Å². The summed E-state index contributed by atoms with van der Waals surface area (Å²) in [6, 6.07) is 6.21. The highest BCUT2D eigenvalue weighted by Crippen LogP contribution is 2.17. The van der Waals surface area contributed by atoms with Crippen LogP contribution in [0.2, 0.25) is 5.02 Å². The molecule has 0 heterocycles. The lowest BCUT2D eigenvalue weighted by Crippen LogP contribution is -2.34. The van der Waals surface area contributed by atoms with E-state index < -0.39 is 17.6 Å². The van der Waals surface area contributed by atoms with Crippen molar-refractivity contribution in [3.05, 3.63) is 34.9 Å². The molecule has 1 aromatic rings. The molecule has 0 aliphatic carbocycles. The fourth-order valence-corrected chi connectivity index (χ4v) is 1.49. The van der Waals surface area contributed by atoms with Crippen LogP contribution in [0.4, 0.5) is 4.79 Å². The Morgan fingerprint density at radius 2 is 1.72 bits per heavy atom. The van der Waals surface area contributed by atoms with E-state index >= 15 is 0 Å². The van der Waals surface area contributed by atoms with Crippen molar-refractivity contribution in [3.63, 3.8) is 0 Å². The number of nitrogens with zero attached hydrogens (tertiary/aromatic N) is 1. The molecule has 0 saturated heterocycles. The highest BCUT2D eigenvalue weighted by atomic mass is 79.9. The van der Waals surface area contributed by atoms with E-state index in [1.807, 2.05) is 0 Å². The Balaban J connectivity index is 2.78. The van der Waals surface area contributed by atoms with Crippen LogP contribution in [-0.4, -0.2) is 21.5 Å². The molecule has 2 amide bonds. The molecule has 0 aliphatic heterocycles. The summed E-state index contributed by atoms with van der Waals surface area (Å²) < 4.78 is 5.81. The number of carbonyl (C=O) groups is 2. The third-order valence-electron chi connectivity index (χ3n) is 1.82. The summed E-state index contributed by atoms with van der Waals surface area (Å²) in [6.45, 7) is 5.16. The standard InChI is InChI=1S/C12H13BrClNO3/c1-12(2,3)18-11(17)15(13)10(16)8-4-6-9(14)7-5-8/h4-7H,1-3H3. The second-order valence-electron chi connectivity index (χ2n) is 4.57. The fourth-order valence-electron chi connectivity index (χ4n) is 1.09. The summed E-state index contributed by atoms with van der Waals surface area (Å²) in [5.74, 6) is -0.513. The SMILES string of the molecule is CC(C)(C)OC(=O)N(Br)C(=O)c1ccc(Cl)cc1. The minimum atomic E-state index is -0.762. The van der Waals surface area contributed by atoms with Crippen LogP contribution in [0.15, 0.2) is 24.3 Å². The van der Waals surface area contributed by atoms with Gasteiger partial charge in [0.2, 0.25) is 0 Å². The molecule has 0 fully saturated rings. The van der Waals surface area contributed by atoms with Crippen molar-refractivity contribution in [2.45, 2.75) is 26.4 Å². The van der Waals surface area contributed by atoms with Crippen molar-refractivity contribution >= 4 is 39.7 Å². The van der Waals surface area contributed by atoms with Crippen molar-refractivity contribution in [3.8, 4) is 0 Å².